The molecule has 4 heteroatoms. The number of anilines is 4. The first-order valence-electron chi connectivity index (χ1n) is 5.34. The van der Waals surface area contributed by atoms with Crippen molar-refractivity contribution in [1.29, 1.82) is 0 Å². The molecule has 17 heavy (non-hydrogen) atoms. The molecule has 0 saturated carbocycles. The second-order valence-electron chi connectivity index (χ2n) is 4.06. The third-order valence-corrected chi connectivity index (χ3v) is 2.78. The van der Waals surface area contributed by atoms with E-state index in [4.69, 9.17) is 22.9 Å². The number of para-hydroxylation sites is 1. The molecule has 0 amide bonds. The minimum absolute atomic E-state index is 0.588. The van der Waals surface area contributed by atoms with Crippen LogP contribution in [-0.2, 0) is 6.42 Å². The Balaban J connectivity index is 2.38. The van der Waals surface area contributed by atoms with Crippen molar-refractivity contribution in [3.63, 3.8) is 0 Å². The molecule has 0 unspecified atom stereocenters. The molecular weight excluding hydrogens is 212 g/mol. The molecule has 0 spiro atoms. The van der Waals surface area contributed by atoms with Gasteiger partial charge in [-0.3, -0.25) is 0 Å². The second kappa shape index (κ2) is 4.25. The van der Waals surface area contributed by atoms with E-state index in [0.29, 0.717) is 29.2 Å². The van der Waals surface area contributed by atoms with Crippen molar-refractivity contribution in [2.75, 3.05) is 22.9 Å². The maximum absolute atomic E-state index is 5.92. The zero-order valence-electron chi connectivity index (χ0n) is 9.48. The highest BCUT2D eigenvalue weighted by atomic mass is 14.7. The summed E-state index contributed by atoms with van der Waals surface area (Å²) in [6, 6.07) is 11.0. The van der Waals surface area contributed by atoms with E-state index in [-0.39, 0.29) is 0 Å². The molecule has 0 aliphatic rings. The van der Waals surface area contributed by atoms with Crippen molar-refractivity contribution in [3.05, 3.63) is 47.5 Å². The molecule has 0 aliphatic carbocycles. The van der Waals surface area contributed by atoms with Gasteiger partial charge in [0.15, 0.2) is 0 Å². The fraction of sp³-hybridized carbons (Fsp3) is 0.0769. The average molecular weight is 228 g/mol. The van der Waals surface area contributed by atoms with Crippen LogP contribution in [0.25, 0.3) is 0 Å². The zero-order chi connectivity index (χ0) is 12.4. The molecule has 2 aromatic carbocycles. The van der Waals surface area contributed by atoms with E-state index < -0.39 is 0 Å². The Kier molecular flexibility index (Phi) is 2.78. The summed E-state index contributed by atoms with van der Waals surface area (Å²) in [6.07, 6.45) is 0.633. The molecule has 0 radical (unpaired) electrons. The molecule has 4 nitrogen and oxygen atoms in total. The van der Waals surface area contributed by atoms with Crippen LogP contribution in [0, 0.1) is 0 Å². The van der Waals surface area contributed by atoms with E-state index in [0.717, 1.165) is 11.1 Å². The van der Waals surface area contributed by atoms with Gasteiger partial charge in [0.05, 0.1) is 11.4 Å². The average Bonchev–Trinajstić information content (AvgIpc) is 2.30. The van der Waals surface area contributed by atoms with E-state index in [1.165, 1.54) is 0 Å². The number of hydrogen-bond acceptors (Lipinski definition) is 4. The number of benzene rings is 2. The number of hydrogen-bond donors (Lipinski definition) is 4. The summed E-state index contributed by atoms with van der Waals surface area (Å²) < 4.78 is 0. The van der Waals surface area contributed by atoms with Gasteiger partial charge in [-0.05, 0) is 35.4 Å². The quantitative estimate of drug-likeness (QED) is 0.586. The van der Waals surface area contributed by atoms with Crippen LogP contribution in [-0.4, -0.2) is 0 Å². The molecule has 0 fully saturated rings. The summed E-state index contributed by atoms with van der Waals surface area (Å²) in [6.45, 7) is 0. The summed E-state index contributed by atoms with van der Waals surface area (Å²) in [5.74, 6) is 0. The number of rotatable bonds is 2. The van der Waals surface area contributed by atoms with Gasteiger partial charge in [-0.25, -0.2) is 0 Å². The molecule has 2 rings (SSSR count). The van der Waals surface area contributed by atoms with Gasteiger partial charge in [-0.1, -0.05) is 12.1 Å². The highest BCUT2D eigenvalue weighted by Gasteiger charge is 2.06. The SMILES string of the molecule is Nc1ccc(N)c(Cc2cccc(N)c2N)c1. The molecular formula is C13H16N4. The first-order chi connectivity index (χ1) is 8.08. The first-order valence-corrected chi connectivity index (χ1v) is 5.34. The number of nitrogens with two attached hydrogens (primary N) is 4. The molecule has 0 bridgehead atoms. The van der Waals surface area contributed by atoms with Crippen LogP contribution in [0.2, 0.25) is 0 Å². The highest BCUT2D eigenvalue weighted by molar-refractivity contribution is 5.69. The molecule has 88 valence electrons. The van der Waals surface area contributed by atoms with Gasteiger partial charge >= 0.3 is 0 Å². The van der Waals surface area contributed by atoms with E-state index in [2.05, 4.69) is 0 Å². The molecule has 0 aromatic heterocycles. The minimum Gasteiger partial charge on any atom is -0.399 e. The van der Waals surface area contributed by atoms with Crippen LogP contribution in [0.5, 0.6) is 0 Å². The molecule has 2 aromatic rings. The fourth-order valence-electron chi connectivity index (χ4n) is 1.77. The minimum atomic E-state index is 0.588. The van der Waals surface area contributed by atoms with Crippen LogP contribution in [0.3, 0.4) is 0 Å². The molecule has 0 aliphatic heterocycles. The van der Waals surface area contributed by atoms with Crippen molar-refractivity contribution in [2.45, 2.75) is 6.42 Å². The van der Waals surface area contributed by atoms with Gasteiger partial charge in [0.2, 0.25) is 0 Å². The molecule has 8 N–H and O–H groups in total. The van der Waals surface area contributed by atoms with Crippen molar-refractivity contribution in [2.24, 2.45) is 0 Å². The van der Waals surface area contributed by atoms with Crippen molar-refractivity contribution in [1.82, 2.24) is 0 Å². The summed E-state index contributed by atoms with van der Waals surface area (Å²) in [5, 5.41) is 0. The summed E-state index contributed by atoms with van der Waals surface area (Å²) in [7, 11) is 0. The van der Waals surface area contributed by atoms with Crippen molar-refractivity contribution >= 4 is 22.7 Å². The Morgan fingerprint density at radius 1 is 0.765 bits per heavy atom. The van der Waals surface area contributed by atoms with Gasteiger partial charge in [0, 0.05) is 17.8 Å². The van der Waals surface area contributed by atoms with Crippen LogP contribution in [0.1, 0.15) is 11.1 Å². The van der Waals surface area contributed by atoms with Crippen molar-refractivity contribution in [3.8, 4) is 0 Å². The Bertz CT molecular complexity index is 549. The monoisotopic (exact) mass is 228 g/mol. The van der Waals surface area contributed by atoms with Crippen molar-refractivity contribution < 1.29 is 0 Å². The molecule has 0 heterocycles. The largest absolute Gasteiger partial charge is 0.399 e. The maximum atomic E-state index is 5.92. The Hall–Kier alpha value is -2.36. The number of nitrogen functional groups attached to an aromatic ring is 4. The lowest BCUT2D eigenvalue weighted by Crippen LogP contribution is -2.02. The highest BCUT2D eigenvalue weighted by Crippen LogP contribution is 2.25. The Morgan fingerprint density at radius 2 is 1.53 bits per heavy atom. The third-order valence-electron chi connectivity index (χ3n) is 2.78. The maximum Gasteiger partial charge on any atom is 0.0583 e. The van der Waals surface area contributed by atoms with E-state index in [1.807, 2.05) is 18.2 Å². The Labute approximate surface area is 100 Å². The summed E-state index contributed by atoms with van der Waals surface area (Å²) >= 11 is 0. The van der Waals surface area contributed by atoms with E-state index >= 15 is 0 Å². The Morgan fingerprint density at radius 3 is 2.29 bits per heavy atom. The smallest absolute Gasteiger partial charge is 0.0583 e. The van der Waals surface area contributed by atoms with Gasteiger partial charge in [0.25, 0.3) is 0 Å². The van der Waals surface area contributed by atoms with Gasteiger partial charge in [-0.15, -0.1) is 0 Å². The lowest BCUT2D eigenvalue weighted by molar-refractivity contribution is 1.20. The predicted molar refractivity (Wildman–Crippen MR) is 73.3 cm³/mol. The van der Waals surface area contributed by atoms with Gasteiger partial charge in [-0.2, -0.15) is 0 Å². The van der Waals surface area contributed by atoms with Gasteiger partial charge < -0.3 is 22.9 Å². The molecule has 0 saturated heterocycles. The van der Waals surface area contributed by atoms with Crippen LogP contribution >= 0.6 is 0 Å². The van der Waals surface area contributed by atoms with Crippen LogP contribution < -0.4 is 22.9 Å². The van der Waals surface area contributed by atoms with E-state index in [9.17, 15) is 0 Å². The van der Waals surface area contributed by atoms with Crippen LogP contribution in [0.4, 0.5) is 22.7 Å². The van der Waals surface area contributed by atoms with E-state index in [1.54, 1.807) is 18.2 Å². The second-order valence-corrected chi connectivity index (χ2v) is 4.06. The lowest BCUT2D eigenvalue weighted by atomic mass is 10.0. The zero-order valence-corrected chi connectivity index (χ0v) is 9.48. The molecule has 0 atom stereocenters. The fourth-order valence-corrected chi connectivity index (χ4v) is 1.77. The topological polar surface area (TPSA) is 104 Å². The summed E-state index contributed by atoms with van der Waals surface area (Å²) in [4.78, 5) is 0. The van der Waals surface area contributed by atoms with Gasteiger partial charge in [0.1, 0.15) is 0 Å². The standard InChI is InChI=1S/C13H16N4/c14-10-4-5-11(15)9(7-10)6-8-2-1-3-12(16)13(8)17/h1-5,7H,6,14-17H2. The lowest BCUT2D eigenvalue weighted by Gasteiger charge is -2.10. The normalized spacial score (nSPS) is 10.4. The summed E-state index contributed by atoms with van der Waals surface area (Å²) in [5.41, 5.74) is 27.8. The van der Waals surface area contributed by atoms with Crippen LogP contribution in [0.15, 0.2) is 36.4 Å². The predicted octanol–water partition coefficient (Wildman–Crippen LogP) is 1.61. The first kappa shape index (κ1) is 11.1. The third kappa shape index (κ3) is 2.25.